The van der Waals surface area contributed by atoms with Crippen molar-refractivity contribution in [1.82, 2.24) is 0 Å². The highest BCUT2D eigenvalue weighted by molar-refractivity contribution is 8.70. The number of nitrogens with zero attached hydrogens (tertiary/aromatic N) is 1. The van der Waals surface area contributed by atoms with Gasteiger partial charge in [-0.2, -0.15) is 8.42 Å². The van der Waals surface area contributed by atoms with Crippen LogP contribution in [-0.2, 0) is 18.2 Å². The first-order valence-corrected chi connectivity index (χ1v) is 5.94. The minimum atomic E-state index is -3.45. The summed E-state index contributed by atoms with van der Waals surface area (Å²) in [4.78, 5) is 4.44. The molecule has 0 aromatic carbocycles. The van der Waals surface area contributed by atoms with Gasteiger partial charge in [0.15, 0.2) is 0 Å². The third-order valence-corrected chi connectivity index (χ3v) is 3.72. The Morgan fingerprint density at radius 2 is 2.08 bits per heavy atom. The quantitative estimate of drug-likeness (QED) is 0.381. The Kier molecular flexibility index (Phi) is 5.27. The molecular formula is C5H11NO4S2. The van der Waals surface area contributed by atoms with Crippen molar-refractivity contribution in [1.29, 1.82) is 0 Å². The van der Waals surface area contributed by atoms with Gasteiger partial charge in [-0.1, -0.05) is 5.16 Å². The SMILES string of the molecule is CO/N=C(\C)CSS(=O)(=O)OC. The minimum Gasteiger partial charge on any atom is -0.399 e. The van der Waals surface area contributed by atoms with Gasteiger partial charge in [0.2, 0.25) is 0 Å². The predicted octanol–water partition coefficient (Wildman–Crippen LogP) is 0.633. The van der Waals surface area contributed by atoms with Crippen LogP contribution in [0.2, 0.25) is 0 Å². The van der Waals surface area contributed by atoms with Crippen LogP contribution in [0.5, 0.6) is 0 Å². The Morgan fingerprint density at radius 3 is 2.50 bits per heavy atom. The van der Waals surface area contributed by atoms with Gasteiger partial charge >= 0.3 is 9.15 Å². The fraction of sp³-hybridized carbons (Fsp3) is 0.800. The number of rotatable bonds is 5. The lowest BCUT2D eigenvalue weighted by molar-refractivity contribution is 0.213. The van der Waals surface area contributed by atoms with E-state index in [9.17, 15) is 8.42 Å². The lowest BCUT2D eigenvalue weighted by Crippen LogP contribution is -2.03. The molecule has 0 aromatic heterocycles. The molecule has 0 fully saturated rings. The van der Waals surface area contributed by atoms with Crippen molar-refractivity contribution >= 4 is 25.7 Å². The van der Waals surface area contributed by atoms with E-state index >= 15 is 0 Å². The Balaban J connectivity index is 3.92. The molecule has 0 aromatic rings. The van der Waals surface area contributed by atoms with E-state index in [2.05, 4.69) is 14.2 Å². The van der Waals surface area contributed by atoms with Gasteiger partial charge in [-0.3, -0.25) is 4.18 Å². The maximum absolute atomic E-state index is 10.8. The van der Waals surface area contributed by atoms with E-state index in [1.807, 2.05) is 0 Å². The molecule has 0 rings (SSSR count). The van der Waals surface area contributed by atoms with Crippen LogP contribution >= 0.6 is 10.8 Å². The van der Waals surface area contributed by atoms with Crippen LogP contribution in [0.1, 0.15) is 6.92 Å². The van der Waals surface area contributed by atoms with Crippen LogP contribution in [0, 0.1) is 0 Å². The van der Waals surface area contributed by atoms with Crippen LogP contribution in [0.4, 0.5) is 0 Å². The van der Waals surface area contributed by atoms with Crippen molar-refractivity contribution in [2.75, 3.05) is 20.0 Å². The summed E-state index contributed by atoms with van der Waals surface area (Å²) in [7, 11) is -0.269. The van der Waals surface area contributed by atoms with E-state index in [0.717, 1.165) is 7.11 Å². The van der Waals surface area contributed by atoms with Crippen molar-refractivity contribution in [2.45, 2.75) is 6.92 Å². The Labute approximate surface area is 75.6 Å². The van der Waals surface area contributed by atoms with Crippen molar-refractivity contribution in [3.8, 4) is 0 Å². The summed E-state index contributed by atoms with van der Waals surface area (Å²) < 4.78 is 25.7. The highest BCUT2D eigenvalue weighted by Gasteiger charge is 2.09. The summed E-state index contributed by atoms with van der Waals surface area (Å²) in [5, 5.41) is 3.54. The van der Waals surface area contributed by atoms with E-state index in [0.29, 0.717) is 16.5 Å². The zero-order valence-corrected chi connectivity index (χ0v) is 8.74. The van der Waals surface area contributed by atoms with E-state index < -0.39 is 9.15 Å². The normalized spacial score (nSPS) is 13.1. The van der Waals surface area contributed by atoms with Crippen LogP contribution < -0.4 is 0 Å². The molecule has 72 valence electrons. The summed E-state index contributed by atoms with van der Waals surface area (Å²) >= 11 is 0. The van der Waals surface area contributed by atoms with E-state index in [1.165, 1.54) is 7.11 Å². The van der Waals surface area contributed by atoms with E-state index in [-0.39, 0.29) is 5.75 Å². The second-order valence-electron chi connectivity index (χ2n) is 1.85. The summed E-state index contributed by atoms with van der Waals surface area (Å²) in [5.74, 6) is 0.240. The zero-order chi connectivity index (χ0) is 9.61. The molecule has 0 spiro atoms. The van der Waals surface area contributed by atoms with Gasteiger partial charge in [-0.15, -0.1) is 0 Å². The van der Waals surface area contributed by atoms with Gasteiger partial charge < -0.3 is 4.84 Å². The summed E-state index contributed by atoms with van der Waals surface area (Å²) in [5.41, 5.74) is 0.586. The Bertz CT molecular complexity index is 246. The third kappa shape index (κ3) is 5.39. The largest absolute Gasteiger partial charge is 0.399 e. The monoisotopic (exact) mass is 213 g/mol. The zero-order valence-electron chi connectivity index (χ0n) is 7.10. The molecule has 0 aliphatic carbocycles. The molecule has 12 heavy (non-hydrogen) atoms. The first-order valence-electron chi connectivity index (χ1n) is 3.03. The molecule has 0 amide bonds. The van der Waals surface area contributed by atoms with Crippen LogP contribution in [0.15, 0.2) is 5.16 Å². The van der Waals surface area contributed by atoms with Gasteiger partial charge in [0.05, 0.1) is 18.6 Å². The molecule has 0 N–H and O–H groups in total. The lowest BCUT2D eigenvalue weighted by Gasteiger charge is -1.99. The van der Waals surface area contributed by atoms with E-state index in [1.54, 1.807) is 6.92 Å². The summed E-state index contributed by atoms with van der Waals surface area (Å²) in [6.07, 6.45) is 0. The summed E-state index contributed by atoms with van der Waals surface area (Å²) in [6, 6.07) is 0. The molecule has 5 nitrogen and oxygen atoms in total. The number of hydrogen-bond acceptors (Lipinski definition) is 6. The fourth-order valence-electron chi connectivity index (χ4n) is 0.388. The average Bonchev–Trinajstić information content (AvgIpc) is 2.02. The van der Waals surface area contributed by atoms with Crippen LogP contribution in [0.25, 0.3) is 0 Å². The number of oxime groups is 1. The molecule has 0 aliphatic heterocycles. The van der Waals surface area contributed by atoms with Gasteiger partial charge in [0, 0.05) is 10.8 Å². The van der Waals surface area contributed by atoms with E-state index in [4.69, 9.17) is 0 Å². The molecule has 0 saturated carbocycles. The molecule has 0 aliphatic rings. The summed E-state index contributed by atoms with van der Waals surface area (Å²) in [6.45, 7) is 1.67. The molecule has 0 radical (unpaired) electrons. The Morgan fingerprint density at radius 1 is 1.50 bits per heavy atom. The molecule has 0 unspecified atom stereocenters. The number of hydrogen-bond donors (Lipinski definition) is 0. The van der Waals surface area contributed by atoms with Gasteiger partial charge in [-0.25, -0.2) is 0 Å². The maximum Gasteiger partial charge on any atom is 0.322 e. The minimum absolute atomic E-state index is 0.240. The third-order valence-electron chi connectivity index (χ3n) is 0.863. The lowest BCUT2D eigenvalue weighted by atomic mass is 10.5. The molecule has 0 heterocycles. The molecule has 7 heteroatoms. The fourth-order valence-corrected chi connectivity index (χ4v) is 2.08. The first kappa shape index (κ1) is 11.7. The van der Waals surface area contributed by atoms with Gasteiger partial charge in [0.25, 0.3) is 0 Å². The predicted molar refractivity (Wildman–Crippen MR) is 48.5 cm³/mol. The molecule has 0 bridgehead atoms. The van der Waals surface area contributed by atoms with Gasteiger partial charge in [-0.05, 0) is 6.92 Å². The van der Waals surface area contributed by atoms with Crippen LogP contribution in [0.3, 0.4) is 0 Å². The second-order valence-corrected chi connectivity index (χ2v) is 5.45. The van der Waals surface area contributed by atoms with Crippen molar-refractivity contribution in [3.63, 3.8) is 0 Å². The molecule has 0 atom stereocenters. The van der Waals surface area contributed by atoms with Gasteiger partial charge in [0.1, 0.15) is 7.11 Å². The van der Waals surface area contributed by atoms with Crippen molar-refractivity contribution in [3.05, 3.63) is 0 Å². The highest BCUT2D eigenvalue weighted by Crippen LogP contribution is 2.12. The smallest absolute Gasteiger partial charge is 0.322 e. The second kappa shape index (κ2) is 5.39. The standard InChI is InChI=1S/C5H11NO4S2/c1-5(6-9-2)4-11-12(7,8)10-3/h4H2,1-3H3/b6-5+. The molecule has 0 saturated heterocycles. The topological polar surface area (TPSA) is 65.0 Å². The highest BCUT2D eigenvalue weighted by atomic mass is 33.1. The van der Waals surface area contributed by atoms with Crippen molar-refractivity contribution < 1.29 is 17.4 Å². The average molecular weight is 213 g/mol. The molecular weight excluding hydrogens is 202 g/mol. The maximum atomic E-state index is 10.8. The van der Waals surface area contributed by atoms with Crippen LogP contribution in [-0.4, -0.2) is 34.1 Å². The Hall–Kier alpha value is -0.270. The van der Waals surface area contributed by atoms with Crippen molar-refractivity contribution in [2.24, 2.45) is 5.16 Å². The first-order chi connectivity index (χ1) is 5.52.